The minimum Gasteiger partial charge on any atom is -0.367 e. The van der Waals surface area contributed by atoms with E-state index in [9.17, 15) is 0 Å². The van der Waals surface area contributed by atoms with E-state index in [1.165, 1.54) is 24.3 Å². The van der Waals surface area contributed by atoms with Gasteiger partial charge < -0.3 is 5.73 Å². The third-order valence-electron chi connectivity index (χ3n) is 2.37. The molecule has 5 heteroatoms. The van der Waals surface area contributed by atoms with Crippen LogP contribution in [0.2, 0.25) is 0 Å². The molecule has 0 atom stereocenters. The van der Waals surface area contributed by atoms with Crippen molar-refractivity contribution in [2.45, 2.75) is 19.3 Å². The normalized spacial score (nSPS) is 19.1. The Morgan fingerprint density at radius 2 is 2.23 bits per heavy atom. The lowest BCUT2D eigenvalue weighted by atomic mass is 9.99. The van der Waals surface area contributed by atoms with E-state index in [0.29, 0.717) is 5.95 Å². The van der Waals surface area contributed by atoms with Gasteiger partial charge in [-0.3, -0.25) is 5.10 Å². The highest BCUT2D eigenvalue weighted by molar-refractivity contribution is 7.99. The molecule has 13 heavy (non-hydrogen) atoms. The highest BCUT2D eigenvalue weighted by Crippen LogP contribution is 2.24. The number of nitrogen functional groups attached to an aromatic ring is 1. The van der Waals surface area contributed by atoms with E-state index >= 15 is 0 Å². The molecule has 1 aromatic heterocycles. The number of hydrogen-bond acceptors (Lipinski definition) is 4. The summed E-state index contributed by atoms with van der Waals surface area (Å²) in [5.41, 5.74) is 5.43. The number of hydrogen-bond donors (Lipinski definition) is 2. The molecule has 3 N–H and O–H groups in total. The SMILES string of the molecule is Nc1n[nH]c(CC2CCSCC2)n1. The quantitative estimate of drug-likeness (QED) is 0.746. The molecule has 0 unspecified atom stereocenters. The van der Waals surface area contributed by atoms with Crippen LogP contribution in [0.3, 0.4) is 0 Å². The molecule has 0 radical (unpaired) electrons. The molecule has 72 valence electrons. The zero-order chi connectivity index (χ0) is 9.10. The van der Waals surface area contributed by atoms with Gasteiger partial charge in [0.2, 0.25) is 5.95 Å². The lowest BCUT2D eigenvalue weighted by Gasteiger charge is -2.19. The van der Waals surface area contributed by atoms with Crippen LogP contribution >= 0.6 is 11.8 Å². The van der Waals surface area contributed by atoms with Gasteiger partial charge in [-0.25, -0.2) is 0 Å². The molecular formula is C8H14N4S. The molecule has 1 saturated heterocycles. The lowest BCUT2D eigenvalue weighted by Crippen LogP contribution is -2.13. The van der Waals surface area contributed by atoms with E-state index in [4.69, 9.17) is 5.73 Å². The van der Waals surface area contributed by atoms with Crippen molar-refractivity contribution in [2.24, 2.45) is 5.92 Å². The van der Waals surface area contributed by atoms with Gasteiger partial charge in [-0.2, -0.15) is 16.7 Å². The molecule has 0 aromatic carbocycles. The maximum Gasteiger partial charge on any atom is 0.239 e. The Labute approximate surface area is 81.7 Å². The Bertz CT molecular complexity index is 267. The molecule has 2 heterocycles. The largest absolute Gasteiger partial charge is 0.367 e. The van der Waals surface area contributed by atoms with Crippen LogP contribution in [0.5, 0.6) is 0 Å². The van der Waals surface area contributed by atoms with Crippen molar-refractivity contribution >= 4 is 17.7 Å². The second kappa shape index (κ2) is 4.00. The fraction of sp³-hybridized carbons (Fsp3) is 0.750. The number of aromatic amines is 1. The Morgan fingerprint density at radius 3 is 2.85 bits per heavy atom. The second-order valence-corrected chi connectivity index (χ2v) is 4.62. The van der Waals surface area contributed by atoms with E-state index in [-0.39, 0.29) is 0 Å². The fourth-order valence-corrected chi connectivity index (χ4v) is 2.83. The molecule has 1 aliphatic heterocycles. The zero-order valence-electron chi connectivity index (χ0n) is 7.49. The average molecular weight is 198 g/mol. The van der Waals surface area contributed by atoms with Crippen molar-refractivity contribution in [1.29, 1.82) is 0 Å². The van der Waals surface area contributed by atoms with Gasteiger partial charge >= 0.3 is 0 Å². The summed E-state index contributed by atoms with van der Waals surface area (Å²) in [5, 5.41) is 6.68. The van der Waals surface area contributed by atoms with Crippen LogP contribution < -0.4 is 5.73 Å². The first-order valence-electron chi connectivity index (χ1n) is 4.59. The smallest absolute Gasteiger partial charge is 0.239 e. The standard InChI is InChI=1S/C8H14N4S/c9-8-10-7(11-12-8)5-6-1-3-13-4-2-6/h6H,1-5H2,(H3,9,10,11,12). The van der Waals surface area contributed by atoms with Crippen LogP contribution in [0.25, 0.3) is 0 Å². The van der Waals surface area contributed by atoms with Gasteiger partial charge in [0.15, 0.2) is 0 Å². The number of nitrogens with two attached hydrogens (primary N) is 1. The molecule has 2 rings (SSSR count). The number of H-pyrrole nitrogens is 1. The van der Waals surface area contributed by atoms with Gasteiger partial charge in [-0.15, -0.1) is 5.10 Å². The topological polar surface area (TPSA) is 67.6 Å². The van der Waals surface area contributed by atoms with E-state index < -0.39 is 0 Å². The first kappa shape index (κ1) is 8.87. The first-order valence-corrected chi connectivity index (χ1v) is 5.74. The Morgan fingerprint density at radius 1 is 1.46 bits per heavy atom. The van der Waals surface area contributed by atoms with Crippen molar-refractivity contribution < 1.29 is 0 Å². The summed E-state index contributed by atoms with van der Waals surface area (Å²) in [6.07, 6.45) is 3.60. The van der Waals surface area contributed by atoms with Crippen molar-refractivity contribution in [3.05, 3.63) is 5.82 Å². The Hall–Kier alpha value is -0.710. The predicted molar refractivity (Wildman–Crippen MR) is 54.5 cm³/mol. The van der Waals surface area contributed by atoms with Gasteiger partial charge in [0.1, 0.15) is 5.82 Å². The summed E-state index contributed by atoms with van der Waals surface area (Å²) >= 11 is 2.04. The predicted octanol–water partition coefficient (Wildman–Crippen LogP) is 1.07. The van der Waals surface area contributed by atoms with Gasteiger partial charge in [-0.1, -0.05) is 0 Å². The number of thioether (sulfide) groups is 1. The molecule has 1 fully saturated rings. The van der Waals surface area contributed by atoms with Crippen molar-refractivity contribution in [1.82, 2.24) is 15.2 Å². The molecule has 0 amide bonds. The first-order chi connectivity index (χ1) is 6.34. The van der Waals surface area contributed by atoms with Crippen molar-refractivity contribution in [2.75, 3.05) is 17.2 Å². The summed E-state index contributed by atoms with van der Waals surface area (Å²) in [7, 11) is 0. The van der Waals surface area contributed by atoms with Crippen LogP contribution in [0.1, 0.15) is 18.7 Å². The van der Waals surface area contributed by atoms with E-state index in [0.717, 1.165) is 18.2 Å². The van der Waals surface area contributed by atoms with Crippen LogP contribution in [0.15, 0.2) is 0 Å². The van der Waals surface area contributed by atoms with Crippen LogP contribution in [0.4, 0.5) is 5.95 Å². The maximum absolute atomic E-state index is 5.43. The summed E-state index contributed by atoms with van der Waals surface area (Å²) < 4.78 is 0. The Balaban J connectivity index is 1.89. The van der Waals surface area contributed by atoms with Crippen molar-refractivity contribution in [3.63, 3.8) is 0 Å². The summed E-state index contributed by atoms with van der Waals surface area (Å²) in [5.74, 6) is 4.64. The number of anilines is 1. The van der Waals surface area contributed by atoms with Gasteiger partial charge in [-0.05, 0) is 30.3 Å². The number of rotatable bonds is 2. The Kier molecular flexibility index (Phi) is 2.73. The minimum atomic E-state index is 0.361. The molecule has 1 aliphatic rings. The fourth-order valence-electron chi connectivity index (χ4n) is 1.63. The third kappa shape index (κ3) is 2.37. The van der Waals surface area contributed by atoms with Crippen LogP contribution in [-0.4, -0.2) is 26.7 Å². The molecule has 0 spiro atoms. The second-order valence-electron chi connectivity index (χ2n) is 3.40. The molecule has 4 nitrogen and oxygen atoms in total. The summed E-state index contributed by atoms with van der Waals surface area (Å²) in [4.78, 5) is 4.11. The molecule has 0 bridgehead atoms. The monoisotopic (exact) mass is 198 g/mol. The van der Waals surface area contributed by atoms with E-state index in [1.807, 2.05) is 11.8 Å². The third-order valence-corrected chi connectivity index (χ3v) is 3.42. The van der Waals surface area contributed by atoms with Crippen LogP contribution in [0, 0.1) is 5.92 Å². The molecule has 0 saturated carbocycles. The number of aromatic nitrogens is 3. The van der Waals surface area contributed by atoms with Crippen LogP contribution in [-0.2, 0) is 6.42 Å². The molecule has 1 aromatic rings. The average Bonchev–Trinajstić information content (AvgIpc) is 2.53. The van der Waals surface area contributed by atoms with E-state index in [1.54, 1.807) is 0 Å². The summed E-state index contributed by atoms with van der Waals surface area (Å²) in [6.45, 7) is 0. The van der Waals surface area contributed by atoms with Crippen molar-refractivity contribution in [3.8, 4) is 0 Å². The van der Waals surface area contributed by atoms with Gasteiger partial charge in [0, 0.05) is 6.42 Å². The number of nitrogens with one attached hydrogen (secondary N) is 1. The van der Waals surface area contributed by atoms with E-state index in [2.05, 4.69) is 15.2 Å². The molecule has 0 aliphatic carbocycles. The summed E-state index contributed by atoms with van der Waals surface area (Å²) in [6, 6.07) is 0. The lowest BCUT2D eigenvalue weighted by molar-refractivity contribution is 0.477. The minimum absolute atomic E-state index is 0.361. The van der Waals surface area contributed by atoms with Gasteiger partial charge in [0.05, 0.1) is 0 Å². The highest BCUT2D eigenvalue weighted by Gasteiger charge is 2.15. The number of nitrogens with zero attached hydrogens (tertiary/aromatic N) is 2. The highest BCUT2D eigenvalue weighted by atomic mass is 32.2. The maximum atomic E-state index is 5.43. The zero-order valence-corrected chi connectivity index (χ0v) is 8.31. The molecular weight excluding hydrogens is 184 g/mol. The van der Waals surface area contributed by atoms with Gasteiger partial charge in [0.25, 0.3) is 0 Å².